The number of primary amides is 1. The van der Waals surface area contributed by atoms with Gasteiger partial charge in [0.2, 0.25) is 5.91 Å². The van der Waals surface area contributed by atoms with Crippen molar-refractivity contribution in [1.82, 2.24) is 4.90 Å². The number of para-hydroxylation sites is 1. The molecule has 0 bridgehead atoms. The third-order valence-corrected chi connectivity index (χ3v) is 2.90. The predicted molar refractivity (Wildman–Crippen MR) is 70.2 cm³/mol. The van der Waals surface area contributed by atoms with Crippen molar-refractivity contribution in [2.24, 2.45) is 5.73 Å². The molecule has 0 spiro atoms. The lowest BCUT2D eigenvalue weighted by Gasteiger charge is -2.27. The minimum absolute atomic E-state index is 0.269. The lowest BCUT2D eigenvalue weighted by molar-refractivity contribution is -0.122. The van der Waals surface area contributed by atoms with Gasteiger partial charge in [-0.05, 0) is 31.5 Å². The monoisotopic (exact) mass is 235 g/mol. The molecule has 0 saturated heterocycles. The summed E-state index contributed by atoms with van der Waals surface area (Å²) in [5.74, 6) is -0.298. The molecule has 4 heteroatoms. The van der Waals surface area contributed by atoms with E-state index < -0.39 is 0 Å². The number of amides is 1. The highest BCUT2D eigenvalue weighted by atomic mass is 16.1. The van der Waals surface area contributed by atoms with Crippen molar-refractivity contribution >= 4 is 11.6 Å². The van der Waals surface area contributed by atoms with E-state index in [9.17, 15) is 4.79 Å². The Bertz CT molecular complexity index is 379. The molecule has 17 heavy (non-hydrogen) atoms. The summed E-state index contributed by atoms with van der Waals surface area (Å²) in [7, 11) is 0. The highest BCUT2D eigenvalue weighted by Crippen LogP contribution is 2.15. The van der Waals surface area contributed by atoms with Gasteiger partial charge in [0, 0.05) is 12.2 Å². The van der Waals surface area contributed by atoms with Crippen molar-refractivity contribution < 1.29 is 4.79 Å². The number of anilines is 1. The number of rotatable bonds is 6. The molecule has 0 radical (unpaired) electrons. The Hall–Kier alpha value is -1.55. The first-order chi connectivity index (χ1) is 8.06. The maximum absolute atomic E-state index is 11.2. The molecule has 1 atom stereocenters. The van der Waals surface area contributed by atoms with Gasteiger partial charge in [-0.15, -0.1) is 0 Å². The zero-order valence-corrected chi connectivity index (χ0v) is 10.5. The lowest BCUT2D eigenvalue weighted by atomic mass is 10.1. The van der Waals surface area contributed by atoms with Gasteiger partial charge in [-0.2, -0.15) is 0 Å². The van der Waals surface area contributed by atoms with Crippen LogP contribution in [0.15, 0.2) is 24.3 Å². The minimum Gasteiger partial charge on any atom is -0.398 e. The van der Waals surface area contributed by atoms with Crippen LogP contribution in [0.3, 0.4) is 0 Å². The minimum atomic E-state index is -0.298. The molecular weight excluding hydrogens is 214 g/mol. The Morgan fingerprint density at radius 3 is 2.59 bits per heavy atom. The van der Waals surface area contributed by atoms with Crippen LogP contribution in [-0.4, -0.2) is 23.4 Å². The van der Waals surface area contributed by atoms with Crippen molar-refractivity contribution in [2.45, 2.75) is 32.9 Å². The van der Waals surface area contributed by atoms with E-state index in [2.05, 4.69) is 6.92 Å². The van der Waals surface area contributed by atoms with Gasteiger partial charge in [-0.1, -0.05) is 25.1 Å². The molecule has 1 amide bonds. The Morgan fingerprint density at radius 1 is 1.41 bits per heavy atom. The van der Waals surface area contributed by atoms with Crippen LogP contribution < -0.4 is 11.5 Å². The maximum Gasteiger partial charge on any atom is 0.234 e. The number of carbonyl (C=O) groups is 1. The molecule has 0 aliphatic heterocycles. The molecule has 0 saturated carbocycles. The zero-order chi connectivity index (χ0) is 12.8. The molecule has 1 aromatic rings. The van der Waals surface area contributed by atoms with Crippen molar-refractivity contribution in [3.8, 4) is 0 Å². The van der Waals surface area contributed by atoms with E-state index in [0.29, 0.717) is 6.54 Å². The van der Waals surface area contributed by atoms with Gasteiger partial charge in [0.1, 0.15) is 0 Å². The number of nitrogen functional groups attached to an aromatic ring is 1. The Morgan fingerprint density at radius 2 is 2.06 bits per heavy atom. The molecule has 4 N–H and O–H groups in total. The van der Waals surface area contributed by atoms with Crippen LogP contribution in [0.5, 0.6) is 0 Å². The number of carbonyl (C=O) groups excluding carboxylic acids is 1. The number of nitrogens with zero attached hydrogens (tertiary/aromatic N) is 1. The molecule has 1 unspecified atom stereocenters. The first-order valence-corrected chi connectivity index (χ1v) is 5.93. The highest BCUT2D eigenvalue weighted by Gasteiger charge is 2.18. The van der Waals surface area contributed by atoms with Gasteiger partial charge in [0.25, 0.3) is 0 Å². The second kappa shape index (κ2) is 6.25. The SMILES string of the molecule is CCCN(Cc1ccccc1N)C(C)C(N)=O. The Balaban J connectivity index is 2.80. The first-order valence-electron chi connectivity index (χ1n) is 5.93. The highest BCUT2D eigenvalue weighted by molar-refractivity contribution is 5.79. The fourth-order valence-electron chi connectivity index (χ4n) is 1.77. The van der Waals surface area contributed by atoms with Crippen LogP contribution >= 0.6 is 0 Å². The summed E-state index contributed by atoms with van der Waals surface area (Å²) in [4.78, 5) is 13.3. The van der Waals surface area contributed by atoms with E-state index in [-0.39, 0.29) is 11.9 Å². The van der Waals surface area contributed by atoms with Crippen LogP contribution in [0.4, 0.5) is 5.69 Å². The summed E-state index contributed by atoms with van der Waals surface area (Å²) < 4.78 is 0. The van der Waals surface area contributed by atoms with E-state index in [1.165, 1.54) is 0 Å². The molecule has 4 nitrogen and oxygen atoms in total. The van der Waals surface area contributed by atoms with Gasteiger partial charge in [0.15, 0.2) is 0 Å². The third-order valence-electron chi connectivity index (χ3n) is 2.90. The molecule has 0 aromatic heterocycles. The summed E-state index contributed by atoms with van der Waals surface area (Å²) in [5, 5.41) is 0. The molecular formula is C13H21N3O. The average molecular weight is 235 g/mol. The number of benzene rings is 1. The second-order valence-corrected chi connectivity index (χ2v) is 4.25. The summed E-state index contributed by atoms with van der Waals surface area (Å²) >= 11 is 0. The van der Waals surface area contributed by atoms with Crippen molar-refractivity contribution in [1.29, 1.82) is 0 Å². The van der Waals surface area contributed by atoms with Crippen LogP contribution in [0.25, 0.3) is 0 Å². The van der Waals surface area contributed by atoms with E-state index >= 15 is 0 Å². The summed E-state index contributed by atoms with van der Waals surface area (Å²) in [6.07, 6.45) is 0.977. The molecule has 1 aromatic carbocycles. The Labute approximate surface area is 103 Å². The molecule has 0 fully saturated rings. The molecule has 94 valence electrons. The third kappa shape index (κ3) is 3.75. The van der Waals surface area contributed by atoms with E-state index in [4.69, 9.17) is 11.5 Å². The van der Waals surface area contributed by atoms with Gasteiger partial charge in [-0.25, -0.2) is 0 Å². The average Bonchev–Trinajstić information content (AvgIpc) is 2.30. The fourth-order valence-corrected chi connectivity index (χ4v) is 1.77. The van der Waals surface area contributed by atoms with Gasteiger partial charge in [-0.3, -0.25) is 9.69 Å². The molecule has 0 aliphatic carbocycles. The summed E-state index contributed by atoms with van der Waals surface area (Å²) in [5.41, 5.74) is 13.0. The van der Waals surface area contributed by atoms with Gasteiger partial charge < -0.3 is 11.5 Å². The smallest absolute Gasteiger partial charge is 0.234 e. The topological polar surface area (TPSA) is 72.3 Å². The van der Waals surface area contributed by atoms with Gasteiger partial charge >= 0.3 is 0 Å². The summed E-state index contributed by atoms with van der Waals surface area (Å²) in [6.45, 7) is 5.40. The number of nitrogens with two attached hydrogens (primary N) is 2. The van der Waals surface area contributed by atoms with Crippen LogP contribution in [0, 0.1) is 0 Å². The zero-order valence-electron chi connectivity index (χ0n) is 10.5. The Kier molecular flexibility index (Phi) is 4.97. The largest absolute Gasteiger partial charge is 0.398 e. The molecule has 0 heterocycles. The van der Waals surface area contributed by atoms with Crippen LogP contribution in [0.2, 0.25) is 0 Å². The quantitative estimate of drug-likeness (QED) is 0.731. The standard InChI is InChI=1S/C13H21N3O/c1-3-8-16(10(2)13(15)17)9-11-6-4-5-7-12(11)14/h4-7,10H,3,8-9,14H2,1-2H3,(H2,15,17). The van der Waals surface area contributed by atoms with Crippen molar-refractivity contribution in [3.05, 3.63) is 29.8 Å². The van der Waals surface area contributed by atoms with Gasteiger partial charge in [0.05, 0.1) is 6.04 Å². The number of hydrogen-bond donors (Lipinski definition) is 2. The predicted octanol–water partition coefficient (Wildman–Crippen LogP) is 1.35. The van der Waals surface area contributed by atoms with Crippen molar-refractivity contribution in [2.75, 3.05) is 12.3 Å². The first kappa shape index (κ1) is 13.5. The van der Waals surface area contributed by atoms with Crippen molar-refractivity contribution in [3.63, 3.8) is 0 Å². The second-order valence-electron chi connectivity index (χ2n) is 4.25. The van der Waals surface area contributed by atoms with E-state index in [1.54, 1.807) is 0 Å². The number of hydrogen-bond acceptors (Lipinski definition) is 3. The van der Waals surface area contributed by atoms with Crippen LogP contribution in [-0.2, 0) is 11.3 Å². The molecule has 0 aliphatic rings. The normalized spacial score (nSPS) is 12.6. The maximum atomic E-state index is 11.2. The van der Waals surface area contributed by atoms with E-state index in [0.717, 1.165) is 24.2 Å². The fraction of sp³-hybridized carbons (Fsp3) is 0.462. The molecule has 1 rings (SSSR count). The van der Waals surface area contributed by atoms with Crippen LogP contribution in [0.1, 0.15) is 25.8 Å². The summed E-state index contributed by atoms with van der Waals surface area (Å²) in [6, 6.07) is 7.43. The van der Waals surface area contributed by atoms with E-state index in [1.807, 2.05) is 36.1 Å². The lowest BCUT2D eigenvalue weighted by Crippen LogP contribution is -2.42.